The van der Waals surface area contributed by atoms with Gasteiger partial charge in [0.05, 0.1) is 19.8 Å². The molecule has 17 heavy (non-hydrogen) atoms. The molecule has 0 unspecified atom stereocenters. The fraction of sp³-hybridized carbons (Fsp3) is 0.538. The normalized spacial score (nSPS) is 20.2. The molecular weight excluding hydrogens is 221 g/mol. The van der Waals surface area contributed by atoms with Gasteiger partial charge in [0.2, 0.25) is 0 Å². The molecule has 0 bridgehead atoms. The lowest BCUT2D eigenvalue weighted by Gasteiger charge is -2.23. The summed E-state index contributed by atoms with van der Waals surface area (Å²) in [5.74, 6) is 0.263. The Bertz CT molecular complexity index is 364. The quantitative estimate of drug-likeness (QED) is 0.873. The highest BCUT2D eigenvalue weighted by Gasteiger charge is 2.14. The minimum absolute atomic E-state index is 0.199. The number of methoxy groups -OCH3 is 1. The second kappa shape index (κ2) is 5.98. The number of hydrogen-bond donors (Lipinski definition) is 1. The van der Waals surface area contributed by atoms with Crippen LogP contribution in [0.1, 0.15) is 18.4 Å². The van der Waals surface area contributed by atoms with Gasteiger partial charge in [0.15, 0.2) is 0 Å². The average Bonchev–Trinajstić information content (AvgIpc) is 2.38. The zero-order valence-electron chi connectivity index (χ0n) is 10.0. The summed E-state index contributed by atoms with van der Waals surface area (Å²) < 4.78 is 24.2. The first-order chi connectivity index (χ1) is 8.29. The van der Waals surface area contributed by atoms with Crippen molar-refractivity contribution >= 4 is 0 Å². The number of hydrogen-bond acceptors (Lipinski definition) is 3. The van der Waals surface area contributed by atoms with Gasteiger partial charge in [-0.2, -0.15) is 0 Å². The van der Waals surface area contributed by atoms with Crippen molar-refractivity contribution in [1.82, 2.24) is 5.32 Å². The Morgan fingerprint density at radius 3 is 3.00 bits per heavy atom. The van der Waals surface area contributed by atoms with E-state index < -0.39 is 0 Å². The Labute approximate surface area is 101 Å². The summed E-state index contributed by atoms with van der Waals surface area (Å²) >= 11 is 0. The zero-order valence-corrected chi connectivity index (χ0v) is 10.0. The molecule has 0 radical (unpaired) electrons. The minimum atomic E-state index is -0.270. The van der Waals surface area contributed by atoms with Crippen molar-refractivity contribution in [3.63, 3.8) is 0 Å². The van der Waals surface area contributed by atoms with Crippen molar-refractivity contribution in [2.45, 2.75) is 25.6 Å². The summed E-state index contributed by atoms with van der Waals surface area (Å²) in [4.78, 5) is 0. The van der Waals surface area contributed by atoms with Gasteiger partial charge in [0.1, 0.15) is 11.6 Å². The first-order valence-electron chi connectivity index (χ1n) is 5.94. The molecule has 0 spiro atoms. The Hall–Kier alpha value is -1.13. The van der Waals surface area contributed by atoms with Crippen molar-refractivity contribution in [1.29, 1.82) is 0 Å². The summed E-state index contributed by atoms with van der Waals surface area (Å²) in [6.07, 6.45) is 2.37. The van der Waals surface area contributed by atoms with Gasteiger partial charge in [-0.05, 0) is 25.5 Å². The Morgan fingerprint density at radius 1 is 1.47 bits per heavy atom. The zero-order chi connectivity index (χ0) is 12.1. The van der Waals surface area contributed by atoms with Crippen LogP contribution in [0.25, 0.3) is 0 Å². The number of ether oxygens (including phenoxy) is 2. The highest BCUT2D eigenvalue weighted by atomic mass is 19.1. The molecule has 1 aliphatic rings. The summed E-state index contributed by atoms with van der Waals surface area (Å²) in [7, 11) is 1.53. The molecule has 94 valence electrons. The standard InChI is InChI=1S/C13H18FNO2/c1-16-11-5-4-10(13(14)7-11)9-17-12-3-2-6-15-8-12/h4-5,7,12,15H,2-3,6,8-9H2,1H3/t12-/m0/s1. The van der Waals surface area contributed by atoms with Crippen LogP contribution < -0.4 is 10.1 Å². The Balaban J connectivity index is 1.89. The van der Waals surface area contributed by atoms with E-state index in [1.54, 1.807) is 12.1 Å². The summed E-state index contributed by atoms with van der Waals surface area (Å²) in [5.41, 5.74) is 0.580. The van der Waals surface area contributed by atoms with Crippen LogP contribution in [0.4, 0.5) is 4.39 Å². The van der Waals surface area contributed by atoms with E-state index in [4.69, 9.17) is 9.47 Å². The first-order valence-corrected chi connectivity index (χ1v) is 5.94. The Kier molecular flexibility index (Phi) is 4.34. The predicted molar refractivity (Wildman–Crippen MR) is 63.6 cm³/mol. The highest BCUT2D eigenvalue weighted by molar-refractivity contribution is 5.28. The molecule has 0 aromatic heterocycles. The van der Waals surface area contributed by atoms with Crippen LogP contribution in [-0.2, 0) is 11.3 Å². The predicted octanol–water partition coefficient (Wildman–Crippen LogP) is 2.10. The van der Waals surface area contributed by atoms with Gasteiger partial charge in [-0.1, -0.05) is 6.07 Å². The van der Waals surface area contributed by atoms with E-state index in [1.807, 2.05) is 0 Å². The smallest absolute Gasteiger partial charge is 0.132 e. The number of halogens is 1. The third kappa shape index (κ3) is 3.41. The lowest BCUT2D eigenvalue weighted by atomic mass is 10.1. The SMILES string of the molecule is COc1ccc(CO[C@H]2CCCNC2)c(F)c1. The molecule has 0 amide bonds. The van der Waals surface area contributed by atoms with E-state index in [9.17, 15) is 4.39 Å². The van der Waals surface area contributed by atoms with E-state index in [-0.39, 0.29) is 11.9 Å². The topological polar surface area (TPSA) is 30.5 Å². The molecule has 1 aromatic carbocycles. The number of rotatable bonds is 4. The summed E-state index contributed by atoms with van der Waals surface area (Å²) in [6.45, 7) is 2.23. The van der Waals surface area contributed by atoms with E-state index in [2.05, 4.69) is 5.32 Å². The van der Waals surface area contributed by atoms with Gasteiger partial charge >= 0.3 is 0 Å². The molecule has 1 aromatic rings. The number of benzene rings is 1. The van der Waals surface area contributed by atoms with Crippen LogP contribution in [-0.4, -0.2) is 26.3 Å². The number of piperidine rings is 1. The lowest BCUT2D eigenvalue weighted by molar-refractivity contribution is 0.0239. The van der Waals surface area contributed by atoms with Crippen molar-refractivity contribution in [2.24, 2.45) is 0 Å². The van der Waals surface area contributed by atoms with Crippen LogP contribution in [0.15, 0.2) is 18.2 Å². The summed E-state index contributed by atoms with van der Waals surface area (Å²) in [5, 5.41) is 3.27. The van der Waals surface area contributed by atoms with E-state index in [0.717, 1.165) is 25.9 Å². The van der Waals surface area contributed by atoms with Crippen LogP contribution in [0.5, 0.6) is 5.75 Å². The minimum Gasteiger partial charge on any atom is -0.497 e. The second-order valence-electron chi connectivity index (χ2n) is 4.24. The average molecular weight is 239 g/mol. The lowest BCUT2D eigenvalue weighted by Crippen LogP contribution is -2.35. The molecule has 4 heteroatoms. The monoisotopic (exact) mass is 239 g/mol. The maximum absolute atomic E-state index is 13.6. The molecule has 0 saturated carbocycles. The first kappa shape index (κ1) is 12.3. The molecule has 3 nitrogen and oxygen atoms in total. The van der Waals surface area contributed by atoms with Gasteiger partial charge in [-0.3, -0.25) is 0 Å². The van der Waals surface area contributed by atoms with Crippen LogP contribution in [0, 0.1) is 5.82 Å². The van der Waals surface area contributed by atoms with E-state index in [1.165, 1.54) is 13.2 Å². The van der Waals surface area contributed by atoms with Gasteiger partial charge in [-0.15, -0.1) is 0 Å². The van der Waals surface area contributed by atoms with Crippen LogP contribution >= 0.6 is 0 Å². The number of nitrogens with one attached hydrogen (secondary N) is 1. The third-order valence-corrected chi connectivity index (χ3v) is 2.99. The Morgan fingerprint density at radius 2 is 2.35 bits per heavy atom. The van der Waals surface area contributed by atoms with Crippen molar-refractivity contribution in [3.05, 3.63) is 29.6 Å². The van der Waals surface area contributed by atoms with Crippen molar-refractivity contribution in [3.8, 4) is 5.75 Å². The van der Waals surface area contributed by atoms with E-state index >= 15 is 0 Å². The van der Waals surface area contributed by atoms with E-state index in [0.29, 0.717) is 17.9 Å². The molecular formula is C13H18FNO2. The van der Waals surface area contributed by atoms with Gasteiger partial charge < -0.3 is 14.8 Å². The molecule has 1 heterocycles. The van der Waals surface area contributed by atoms with Crippen molar-refractivity contribution in [2.75, 3.05) is 20.2 Å². The fourth-order valence-corrected chi connectivity index (χ4v) is 1.94. The van der Waals surface area contributed by atoms with Gasteiger partial charge in [0.25, 0.3) is 0 Å². The van der Waals surface area contributed by atoms with Crippen LogP contribution in [0.2, 0.25) is 0 Å². The maximum Gasteiger partial charge on any atom is 0.132 e. The fourth-order valence-electron chi connectivity index (χ4n) is 1.94. The van der Waals surface area contributed by atoms with Crippen molar-refractivity contribution < 1.29 is 13.9 Å². The molecule has 1 fully saturated rings. The van der Waals surface area contributed by atoms with Crippen LogP contribution in [0.3, 0.4) is 0 Å². The molecule has 0 aliphatic carbocycles. The largest absolute Gasteiger partial charge is 0.497 e. The van der Waals surface area contributed by atoms with Gasteiger partial charge in [0, 0.05) is 18.2 Å². The highest BCUT2D eigenvalue weighted by Crippen LogP contribution is 2.18. The van der Waals surface area contributed by atoms with Gasteiger partial charge in [-0.25, -0.2) is 4.39 Å². The molecule has 1 saturated heterocycles. The maximum atomic E-state index is 13.6. The molecule has 1 aliphatic heterocycles. The third-order valence-electron chi connectivity index (χ3n) is 2.99. The summed E-state index contributed by atoms with van der Waals surface area (Å²) in [6, 6.07) is 4.85. The molecule has 1 N–H and O–H groups in total. The second-order valence-corrected chi connectivity index (χ2v) is 4.24. The molecule has 2 rings (SSSR count). The molecule has 1 atom stereocenters.